The van der Waals surface area contributed by atoms with Gasteiger partial charge in [0.05, 0.1) is 6.54 Å². The number of carbonyl (C=O) groups excluding carboxylic acids is 2. The van der Waals surface area contributed by atoms with Gasteiger partial charge < -0.3 is 10.2 Å². The van der Waals surface area contributed by atoms with Gasteiger partial charge in [0.15, 0.2) is 5.16 Å². The number of aromatic nitrogens is 2. The van der Waals surface area contributed by atoms with Gasteiger partial charge in [-0.15, -0.1) is 6.58 Å². The number of rotatable bonds is 8. The van der Waals surface area contributed by atoms with Crippen molar-refractivity contribution in [3.05, 3.63) is 54.4 Å². The van der Waals surface area contributed by atoms with Crippen LogP contribution in [0.15, 0.2) is 54.0 Å². The fraction of sp³-hybridized carbons (Fsp3) is 0.316. The molecule has 0 bridgehead atoms. The lowest BCUT2D eigenvalue weighted by atomic mass is 10.1. The Morgan fingerprint density at radius 3 is 2.81 bits per heavy atom. The van der Waals surface area contributed by atoms with Gasteiger partial charge in [-0.05, 0) is 37.8 Å². The van der Waals surface area contributed by atoms with Crippen molar-refractivity contribution in [3.8, 4) is 5.69 Å². The van der Waals surface area contributed by atoms with Crippen molar-refractivity contribution in [1.82, 2.24) is 19.8 Å². The monoisotopic (exact) mass is 372 g/mol. The quantitative estimate of drug-likeness (QED) is 0.571. The molecule has 1 aromatic carbocycles. The lowest BCUT2D eigenvalue weighted by molar-refractivity contribution is -0.121. The Morgan fingerprint density at radius 2 is 2.15 bits per heavy atom. The Morgan fingerprint density at radius 1 is 1.38 bits per heavy atom. The van der Waals surface area contributed by atoms with E-state index in [-0.39, 0.29) is 18.4 Å². The van der Waals surface area contributed by atoms with Gasteiger partial charge in [-0.2, -0.15) is 0 Å². The molecule has 0 aliphatic rings. The van der Waals surface area contributed by atoms with E-state index in [1.54, 1.807) is 24.2 Å². The standard InChI is InChI=1S/C19H24N4O2S/c1-14(2)8-10-22(13-17(24)20-3)18(25)15-6-5-7-16(12-15)23-11-9-21-19(23)26-4/h5-7,9,11-12H,1,8,10,13H2,2-4H3,(H,20,24). The van der Waals surface area contributed by atoms with Crippen molar-refractivity contribution in [1.29, 1.82) is 0 Å². The summed E-state index contributed by atoms with van der Waals surface area (Å²) in [5.74, 6) is -0.377. The van der Waals surface area contributed by atoms with Crippen LogP contribution in [0.1, 0.15) is 23.7 Å². The molecule has 1 N–H and O–H groups in total. The van der Waals surface area contributed by atoms with E-state index in [1.165, 1.54) is 11.8 Å². The number of hydrogen-bond donors (Lipinski definition) is 1. The highest BCUT2D eigenvalue weighted by Crippen LogP contribution is 2.19. The van der Waals surface area contributed by atoms with Crippen LogP contribution in [0.5, 0.6) is 0 Å². The highest BCUT2D eigenvalue weighted by molar-refractivity contribution is 7.98. The number of imidazole rings is 1. The molecule has 7 heteroatoms. The van der Waals surface area contributed by atoms with Crippen LogP contribution in [0, 0.1) is 0 Å². The average molecular weight is 372 g/mol. The summed E-state index contributed by atoms with van der Waals surface area (Å²) in [5, 5.41) is 3.41. The maximum absolute atomic E-state index is 13.0. The van der Waals surface area contributed by atoms with E-state index in [9.17, 15) is 9.59 Å². The van der Waals surface area contributed by atoms with Gasteiger partial charge in [0.1, 0.15) is 0 Å². The van der Waals surface area contributed by atoms with Crippen LogP contribution >= 0.6 is 11.8 Å². The SMILES string of the molecule is C=C(C)CCN(CC(=O)NC)C(=O)c1cccc(-n2ccnc2SC)c1. The summed E-state index contributed by atoms with van der Waals surface area (Å²) in [6.07, 6.45) is 6.20. The number of thioether (sulfide) groups is 1. The molecule has 2 amide bonds. The van der Waals surface area contributed by atoms with Crippen LogP contribution in [-0.2, 0) is 4.79 Å². The Bertz CT molecular complexity index is 800. The molecule has 138 valence electrons. The van der Waals surface area contributed by atoms with Gasteiger partial charge >= 0.3 is 0 Å². The molecule has 0 fully saturated rings. The number of hydrogen-bond acceptors (Lipinski definition) is 4. The first-order chi connectivity index (χ1) is 12.5. The average Bonchev–Trinajstić information content (AvgIpc) is 3.13. The zero-order chi connectivity index (χ0) is 19.1. The number of likely N-dealkylation sites (N-methyl/N-ethyl adjacent to an activating group) is 1. The summed E-state index contributed by atoms with van der Waals surface area (Å²) in [7, 11) is 1.56. The smallest absolute Gasteiger partial charge is 0.254 e. The van der Waals surface area contributed by atoms with Crippen molar-refractivity contribution in [2.75, 3.05) is 26.4 Å². The van der Waals surface area contributed by atoms with Crippen LogP contribution in [0.3, 0.4) is 0 Å². The van der Waals surface area contributed by atoms with Crippen LogP contribution in [0.25, 0.3) is 5.69 Å². The molecule has 2 aromatic rings. The minimum atomic E-state index is -0.199. The summed E-state index contributed by atoms with van der Waals surface area (Å²) >= 11 is 1.53. The summed E-state index contributed by atoms with van der Waals surface area (Å²) < 4.78 is 1.93. The number of carbonyl (C=O) groups is 2. The molecule has 0 aliphatic heterocycles. The van der Waals surface area contributed by atoms with Crippen LogP contribution < -0.4 is 5.32 Å². The maximum Gasteiger partial charge on any atom is 0.254 e. The zero-order valence-corrected chi connectivity index (χ0v) is 16.2. The van der Waals surface area contributed by atoms with Gasteiger partial charge in [0.25, 0.3) is 5.91 Å². The third-order valence-corrected chi connectivity index (χ3v) is 4.54. The molecule has 0 saturated carbocycles. The minimum Gasteiger partial charge on any atom is -0.358 e. The highest BCUT2D eigenvalue weighted by atomic mass is 32.2. The van der Waals surface area contributed by atoms with Crippen LogP contribution in [0.4, 0.5) is 0 Å². The maximum atomic E-state index is 13.0. The number of amides is 2. The van der Waals surface area contributed by atoms with Crippen molar-refractivity contribution < 1.29 is 9.59 Å². The normalized spacial score (nSPS) is 10.4. The van der Waals surface area contributed by atoms with Crippen LogP contribution in [-0.4, -0.2) is 52.7 Å². The molecule has 2 rings (SSSR count). The molecule has 1 aromatic heterocycles. The molecule has 6 nitrogen and oxygen atoms in total. The van der Waals surface area contributed by atoms with E-state index in [1.807, 2.05) is 42.1 Å². The molecular formula is C19H24N4O2S. The molecule has 0 radical (unpaired) electrons. The third-order valence-electron chi connectivity index (χ3n) is 3.87. The number of nitrogens with zero attached hydrogens (tertiary/aromatic N) is 3. The van der Waals surface area contributed by atoms with Crippen molar-refractivity contribution in [3.63, 3.8) is 0 Å². The third kappa shape index (κ3) is 4.98. The van der Waals surface area contributed by atoms with E-state index in [0.29, 0.717) is 18.5 Å². The van der Waals surface area contributed by atoms with Gasteiger partial charge in [0, 0.05) is 37.2 Å². The van der Waals surface area contributed by atoms with Crippen molar-refractivity contribution in [2.24, 2.45) is 0 Å². The molecule has 0 spiro atoms. The second-order valence-electron chi connectivity index (χ2n) is 5.94. The first-order valence-corrected chi connectivity index (χ1v) is 9.50. The van der Waals surface area contributed by atoms with Gasteiger partial charge in [-0.1, -0.05) is 23.4 Å². The first-order valence-electron chi connectivity index (χ1n) is 8.28. The largest absolute Gasteiger partial charge is 0.358 e. The van der Waals surface area contributed by atoms with Crippen molar-refractivity contribution in [2.45, 2.75) is 18.5 Å². The Kier molecular flexibility index (Phi) is 7.03. The number of benzene rings is 1. The topological polar surface area (TPSA) is 67.2 Å². The molecule has 0 unspecified atom stereocenters. The first kappa shape index (κ1) is 19.8. The van der Waals surface area contributed by atoms with Crippen molar-refractivity contribution >= 4 is 23.6 Å². The Hall–Kier alpha value is -2.54. The van der Waals surface area contributed by atoms with Gasteiger partial charge in [0.2, 0.25) is 5.91 Å². The Labute approximate surface area is 158 Å². The molecule has 0 saturated heterocycles. The second kappa shape index (κ2) is 9.24. The molecule has 0 aliphatic carbocycles. The van der Waals surface area contributed by atoms with Crippen LogP contribution in [0.2, 0.25) is 0 Å². The fourth-order valence-electron chi connectivity index (χ4n) is 2.44. The minimum absolute atomic E-state index is 0.0218. The predicted octanol–water partition coefficient (Wildman–Crippen LogP) is 2.75. The van der Waals surface area contributed by atoms with E-state index in [0.717, 1.165) is 16.4 Å². The Balaban J connectivity index is 2.28. The van der Waals surface area contributed by atoms with Gasteiger partial charge in [-0.3, -0.25) is 14.2 Å². The lowest BCUT2D eigenvalue weighted by Crippen LogP contribution is -2.40. The van der Waals surface area contributed by atoms with E-state index >= 15 is 0 Å². The summed E-state index contributed by atoms with van der Waals surface area (Å²) in [5.41, 5.74) is 2.36. The molecule has 1 heterocycles. The highest BCUT2D eigenvalue weighted by Gasteiger charge is 2.19. The predicted molar refractivity (Wildman–Crippen MR) is 105 cm³/mol. The summed E-state index contributed by atoms with van der Waals surface area (Å²) in [6.45, 7) is 6.26. The summed E-state index contributed by atoms with van der Waals surface area (Å²) in [4.78, 5) is 30.6. The van der Waals surface area contributed by atoms with E-state index in [2.05, 4.69) is 16.9 Å². The van der Waals surface area contributed by atoms with Gasteiger partial charge in [-0.25, -0.2) is 4.98 Å². The summed E-state index contributed by atoms with van der Waals surface area (Å²) in [6, 6.07) is 7.35. The zero-order valence-electron chi connectivity index (χ0n) is 15.4. The van der Waals surface area contributed by atoms with E-state index in [4.69, 9.17) is 0 Å². The van der Waals surface area contributed by atoms with E-state index < -0.39 is 0 Å². The second-order valence-corrected chi connectivity index (χ2v) is 6.71. The molecule has 26 heavy (non-hydrogen) atoms. The number of nitrogens with one attached hydrogen (secondary N) is 1. The molecular weight excluding hydrogens is 348 g/mol. The lowest BCUT2D eigenvalue weighted by Gasteiger charge is -2.22. The fourth-order valence-corrected chi connectivity index (χ4v) is 2.97. The molecule has 0 atom stereocenters.